The number of anilines is 1. The molecule has 0 aliphatic heterocycles. The Morgan fingerprint density at radius 2 is 1.56 bits per heavy atom. The Bertz CT molecular complexity index is 1050. The van der Waals surface area contributed by atoms with E-state index in [0.717, 1.165) is 10.4 Å². The molecule has 0 aromatic heterocycles. The maximum absolute atomic E-state index is 14.2. The Morgan fingerprint density at radius 1 is 0.889 bits per heavy atom. The molecule has 140 valence electrons. The lowest BCUT2D eigenvalue weighted by atomic mass is 10.2. The molecule has 0 spiro atoms. The minimum absolute atomic E-state index is 0.167. The maximum atomic E-state index is 14.2. The minimum atomic E-state index is -4.29. The number of nitrogens with zero attached hydrogens (tertiary/aromatic N) is 1. The molecule has 3 aromatic carbocycles. The number of rotatable bonds is 6. The molecule has 0 N–H and O–H groups in total. The summed E-state index contributed by atoms with van der Waals surface area (Å²) >= 11 is 0. The Hall–Kier alpha value is -2.93. The number of benzene rings is 3. The van der Waals surface area contributed by atoms with Crippen LogP contribution >= 0.6 is 0 Å². The number of halogens is 2. The fourth-order valence-corrected chi connectivity index (χ4v) is 4.14. The average molecular weight is 389 g/mol. The fraction of sp³-hybridized carbons (Fsp3) is 0.100. The van der Waals surface area contributed by atoms with Gasteiger partial charge in [-0.05, 0) is 30.3 Å². The molecular weight excluding hydrogens is 372 g/mol. The second-order valence-corrected chi connectivity index (χ2v) is 7.57. The SMILES string of the molecule is COc1cccc(N(Cc2ccccc2F)S(=O)(=O)c2ccccc2F)c1. The minimum Gasteiger partial charge on any atom is -0.497 e. The Morgan fingerprint density at radius 3 is 2.22 bits per heavy atom. The first-order valence-corrected chi connectivity index (χ1v) is 9.52. The molecule has 0 bridgehead atoms. The van der Waals surface area contributed by atoms with Crippen molar-refractivity contribution in [3.63, 3.8) is 0 Å². The van der Waals surface area contributed by atoms with Crippen molar-refractivity contribution in [1.82, 2.24) is 0 Å². The molecule has 0 heterocycles. The van der Waals surface area contributed by atoms with Crippen LogP contribution in [-0.4, -0.2) is 15.5 Å². The summed E-state index contributed by atoms with van der Waals surface area (Å²) in [7, 11) is -2.84. The summed E-state index contributed by atoms with van der Waals surface area (Å²) in [6, 6.07) is 17.2. The van der Waals surface area contributed by atoms with Crippen LogP contribution in [0.15, 0.2) is 77.7 Å². The molecule has 0 saturated carbocycles. The lowest BCUT2D eigenvalue weighted by Crippen LogP contribution is -2.31. The molecule has 0 unspecified atom stereocenters. The third kappa shape index (κ3) is 3.93. The Kier molecular flexibility index (Phi) is 5.41. The quantitative estimate of drug-likeness (QED) is 0.629. The summed E-state index contributed by atoms with van der Waals surface area (Å²) in [4.78, 5) is -0.482. The number of sulfonamides is 1. The van der Waals surface area contributed by atoms with Crippen molar-refractivity contribution in [3.05, 3.63) is 90.0 Å². The van der Waals surface area contributed by atoms with Crippen LogP contribution in [0.25, 0.3) is 0 Å². The molecular formula is C20H17F2NO3S. The van der Waals surface area contributed by atoms with Crippen LogP contribution in [0.2, 0.25) is 0 Å². The van der Waals surface area contributed by atoms with Gasteiger partial charge in [-0.25, -0.2) is 17.2 Å². The van der Waals surface area contributed by atoms with Crippen LogP contribution in [-0.2, 0) is 16.6 Å². The fourth-order valence-electron chi connectivity index (χ4n) is 2.63. The van der Waals surface area contributed by atoms with Gasteiger partial charge in [0.15, 0.2) is 0 Å². The van der Waals surface area contributed by atoms with Crippen LogP contribution < -0.4 is 9.04 Å². The number of hydrogen-bond donors (Lipinski definition) is 0. The average Bonchev–Trinajstić information content (AvgIpc) is 2.67. The van der Waals surface area contributed by atoms with Crippen molar-refractivity contribution in [1.29, 1.82) is 0 Å². The second-order valence-electron chi connectivity index (χ2n) is 5.73. The molecule has 0 radical (unpaired) electrons. The van der Waals surface area contributed by atoms with Crippen LogP contribution in [0.3, 0.4) is 0 Å². The summed E-state index contributed by atoms with van der Waals surface area (Å²) in [5.41, 5.74) is 0.404. The van der Waals surface area contributed by atoms with Gasteiger partial charge in [0, 0.05) is 11.6 Å². The van der Waals surface area contributed by atoms with Crippen molar-refractivity contribution in [2.75, 3.05) is 11.4 Å². The Labute approximate surface area is 156 Å². The standard InChI is InChI=1S/C20H17F2NO3S/c1-26-17-9-6-8-16(13-17)23(14-15-7-2-3-10-18(15)21)27(24,25)20-12-5-4-11-19(20)22/h2-13H,14H2,1H3. The number of ether oxygens (including phenoxy) is 1. The predicted molar refractivity (Wildman–Crippen MR) is 99.2 cm³/mol. The maximum Gasteiger partial charge on any atom is 0.267 e. The number of methoxy groups -OCH3 is 1. The van der Waals surface area contributed by atoms with E-state index in [0.29, 0.717) is 5.75 Å². The second kappa shape index (κ2) is 7.75. The predicted octanol–water partition coefficient (Wildman–Crippen LogP) is 4.37. The van der Waals surface area contributed by atoms with Crippen molar-refractivity contribution >= 4 is 15.7 Å². The molecule has 4 nitrogen and oxygen atoms in total. The zero-order valence-corrected chi connectivity index (χ0v) is 15.3. The molecule has 0 fully saturated rings. The van der Waals surface area contributed by atoms with Crippen molar-refractivity contribution in [3.8, 4) is 5.75 Å². The lowest BCUT2D eigenvalue weighted by Gasteiger charge is -2.25. The zero-order chi connectivity index (χ0) is 19.4. The monoisotopic (exact) mass is 389 g/mol. The van der Waals surface area contributed by atoms with Crippen LogP contribution in [0.5, 0.6) is 5.75 Å². The number of hydrogen-bond acceptors (Lipinski definition) is 3. The summed E-state index contributed by atoms with van der Waals surface area (Å²) in [5, 5.41) is 0. The van der Waals surface area contributed by atoms with E-state index in [2.05, 4.69) is 0 Å². The van der Waals surface area contributed by atoms with E-state index in [4.69, 9.17) is 4.74 Å². The largest absolute Gasteiger partial charge is 0.497 e. The first-order chi connectivity index (χ1) is 12.9. The highest BCUT2D eigenvalue weighted by Crippen LogP contribution is 2.30. The van der Waals surface area contributed by atoms with E-state index in [-0.39, 0.29) is 17.8 Å². The highest BCUT2D eigenvalue weighted by atomic mass is 32.2. The third-order valence-corrected chi connectivity index (χ3v) is 5.82. The summed E-state index contributed by atoms with van der Waals surface area (Å²) < 4.78 is 60.9. The molecule has 3 aromatic rings. The van der Waals surface area contributed by atoms with Gasteiger partial charge in [-0.2, -0.15) is 0 Å². The van der Waals surface area contributed by atoms with Gasteiger partial charge in [-0.15, -0.1) is 0 Å². The summed E-state index contributed by atoms with van der Waals surface area (Å²) in [5.74, 6) is -0.997. The van der Waals surface area contributed by atoms with Gasteiger partial charge in [0.25, 0.3) is 10.0 Å². The van der Waals surface area contributed by atoms with E-state index >= 15 is 0 Å². The van der Waals surface area contributed by atoms with Crippen LogP contribution in [0.1, 0.15) is 5.56 Å². The van der Waals surface area contributed by atoms with Gasteiger partial charge in [0.2, 0.25) is 0 Å². The van der Waals surface area contributed by atoms with Crippen molar-refractivity contribution in [2.24, 2.45) is 0 Å². The molecule has 0 aliphatic carbocycles. The smallest absolute Gasteiger partial charge is 0.267 e. The van der Waals surface area contributed by atoms with E-state index in [1.54, 1.807) is 24.3 Å². The summed E-state index contributed by atoms with van der Waals surface area (Å²) in [6.45, 7) is -0.295. The Balaban J connectivity index is 2.15. The van der Waals surface area contributed by atoms with Gasteiger partial charge in [-0.3, -0.25) is 4.31 Å². The van der Waals surface area contributed by atoms with Gasteiger partial charge < -0.3 is 4.74 Å². The topological polar surface area (TPSA) is 46.6 Å². The molecule has 0 saturated heterocycles. The van der Waals surface area contributed by atoms with Gasteiger partial charge in [0.05, 0.1) is 19.3 Å². The van der Waals surface area contributed by atoms with Crippen molar-refractivity contribution in [2.45, 2.75) is 11.4 Å². The highest BCUT2D eigenvalue weighted by molar-refractivity contribution is 7.92. The van der Waals surface area contributed by atoms with Gasteiger partial charge in [0.1, 0.15) is 22.3 Å². The zero-order valence-electron chi connectivity index (χ0n) is 14.5. The molecule has 27 heavy (non-hydrogen) atoms. The normalized spacial score (nSPS) is 11.2. The van der Waals surface area contributed by atoms with Gasteiger partial charge >= 0.3 is 0 Å². The van der Waals surface area contributed by atoms with E-state index in [1.807, 2.05) is 0 Å². The van der Waals surface area contributed by atoms with E-state index in [1.165, 1.54) is 49.6 Å². The van der Waals surface area contributed by atoms with Crippen molar-refractivity contribution < 1.29 is 21.9 Å². The molecule has 7 heteroatoms. The molecule has 0 amide bonds. The van der Waals surface area contributed by atoms with E-state index in [9.17, 15) is 17.2 Å². The lowest BCUT2D eigenvalue weighted by molar-refractivity contribution is 0.415. The molecule has 0 aliphatic rings. The van der Waals surface area contributed by atoms with E-state index < -0.39 is 26.6 Å². The first-order valence-electron chi connectivity index (χ1n) is 8.08. The molecule has 3 rings (SSSR count). The third-order valence-electron chi connectivity index (χ3n) is 4.02. The van der Waals surface area contributed by atoms with Gasteiger partial charge in [-0.1, -0.05) is 36.4 Å². The van der Waals surface area contributed by atoms with Crippen LogP contribution in [0, 0.1) is 11.6 Å². The molecule has 0 atom stereocenters. The first kappa shape index (κ1) is 18.8. The summed E-state index contributed by atoms with van der Waals surface area (Å²) in [6.07, 6.45) is 0. The van der Waals surface area contributed by atoms with Crippen LogP contribution in [0.4, 0.5) is 14.5 Å². The highest BCUT2D eigenvalue weighted by Gasteiger charge is 2.28.